The summed E-state index contributed by atoms with van der Waals surface area (Å²) in [7, 11) is 4.62. The van der Waals surface area contributed by atoms with Crippen LogP contribution in [0.5, 0.6) is 11.5 Å². The highest BCUT2D eigenvalue weighted by atomic mass is 16.5. The Labute approximate surface area is 155 Å². The smallest absolute Gasteiger partial charge is 0.255 e. The van der Waals surface area contributed by atoms with Gasteiger partial charge in [0, 0.05) is 29.8 Å². The predicted molar refractivity (Wildman–Crippen MR) is 103 cm³/mol. The molecule has 7 heteroatoms. The number of pyridine rings is 1. The molecule has 27 heavy (non-hydrogen) atoms. The van der Waals surface area contributed by atoms with E-state index in [1.54, 1.807) is 37.4 Å². The van der Waals surface area contributed by atoms with Crippen LogP contribution in [0.2, 0.25) is 0 Å². The van der Waals surface area contributed by atoms with Crippen molar-refractivity contribution in [3.63, 3.8) is 0 Å². The van der Waals surface area contributed by atoms with E-state index >= 15 is 0 Å². The van der Waals surface area contributed by atoms with Crippen molar-refractivity contribution in [2.24, 2.45) is 0 Å². The van der Waals surface area contributed by atoms with Gasteiger partial charge >= 0.3 is 0 Å². The average Bonchev–Trinajstić information content (AvgIpc) is 2.67. The molecule has 0 fully saturated rings. The van der Waals surface area contributed by atoms with E-state index in [1.807, 2.05) is 6.07 Å². The van der Waals surface area contributed by atoms with Gasteiger partial charge in [0.25, 0.3) is 5.91 Å². The molecule has 3 rings (SSSR count). The van der Waals surface area contributed by atoms with Crippen molar-refractivity contribution >= 4 is 22.5 Å². The molecular formula is C20H20N2O5. The number of hydrogen-bond acceptors (Lipinski definition) is 5. The summed E-state index contributed by atoms with van der Waals surface area (Å²) in [5.74, 6) is 0.714. The Morgan fingerprint density at radius 3 is 2.48 bits per heavy atom. The number of methoxy groups -OCH3 is 3. The monoisotopic (exact) mass is 368 g/mol. The lowest BCUT2D eigenvalue weighted by atomic mass is 10.1. The van der Waals surface area contributed by atoms with Crippen molar-refractivity contribution in [1.29, 1.82) is 0 Å². The number of anilines is 1. The Morgan fingerprint density at radius 1 is 1.00 bits per heavy atom. The molecule has 0 aliphatic rings. The standard InChI is InChI=1S/C20H20N2O5/c1-25-11-13-9-19(23)22-16-10-14(5-6-15(13)16)21-20(24)12-4-7-17(26-2)18(8-12)27-3/h4-10H,11H2,1-3H3,(H,21,24)(H,22,23). The van der Waals surface area contributed by atoms with Gasteiger partial charge in [-0.05, 0) is 35.9 Å². The number of ether oxygens (including phenoxy) is 3. The quantitative estimate of drug-likeness (QED) is 0.698. The van der Waals surface area contributed by atoms with Crippen molar-refractivity contribution in [2.75, 3.05) is 26.6 Å². The summed E-state index contributed by atoms with van der Waals surface area (Å²) in [6.45, 7) is 0.331. The number of carbonyl (C=O) groups is 1. The molecule has 1 amide bonds. The third kappa shape index (κ3) is 3.93. The average molecular weight is 368 g/mol. The third-order valence-corrected chi connectivity index (χ3v) is 4.13. The van der Waals surface area contributed by atoms with Crippen LogP contribution in [0, 0.1) is 0 Å². The number of amides is 1. The molecule has 0 atom stereocenters. The van der Waals surface area contributed by atoms with Crippen LogP contribution in [0.3, 0.4) is 0 Å². The molecule has 1 heterocycles. The molecule has 2 aromatic carbocycles. The van der Waals surface area contributed by atoms with Gasteiger partial charge in [-0.2, -0.15) is 0 Å². The van der Waals surface area contributed by atoms with Gasteiger partial charge in [0.2, 0.25) is 5.56 Å². The fraction of sp³-hybridized carbons (Fsp3) is 0.200. The SMILES string of the molecule is COCc1cc(=O)[nH]c2cc(NC(=O)c3ccc(OC)c(OC)c3)ccc12. The van der Waals surface area contributed by atoms with Crippen LogP contribution in [0.1, 0.15) is 15.9 Å². The van der Waals surface area contributed by atoms with Gasteiger partial charge in [-0.1, -0.05) is 6.07 Å². The highest BCUT2D eigenvalue weighted by molar-refractivity contribution is 6.05. The van der Waals surface area contributed by atoms with Gasteiger partial charge in [-0.3, -0.25) is 9.59 Å². The highest BCUT2D eigenvalue weighted by Gasteiger charge is 2.12. The first-order valence-corrected chi connectivity index (χ1v) is 8.24. The minimum absolute atomic E-state index is 0.224. The Kier molecular flexibility index (Phi) is 5.42. The van der Waals surface area contributed by atoms with Crippen LogP contribution in [0.15, 0.2) is 47.3 Å². The summed E-state index contributed by atoms with van der Waals surface area (Å²) in [5, 5.41) is 3.68. The normalized spacial score (nSPS) is 10.6. The van der Waals surface area contributed by atoms with Gasteiger partial charge in [0.05, 0.1) is 26.3 Å². The largest absolute Gasteiger partial charge is 0.493 e. The molecule has 0 bridgehead atoms. The van der Waals surface area contributed by atoms with Crippen molar-refractivity contribution in [3.8, 4) is 11.5 Å². The summed E-state index contributed by atoms with van der Waals surface area (Å²) in [5.41, 5.74) is 2.17. The highest BCUT2D eigenvalue weighted by Crippen LogP contribution is 2.28. The van der Waals surface area contributed by atoms with Crippen LogP contribution in [0.4, 0.5) is 5.69 Å². The zero-order chi connectivity index (χ0) is 19.4. The topological polar surface area (TPSA) is 89.7 Å². The van der Waals surface area contributed by atoms with E-state index < -0.39 is 0 Å². The number of hydrogen-bond donors (Lipinski definition) is 2. The first kappa shape index (κ1) is 18.5. The van der Waals surface area contributed by atoms with E-state index in [0.717, 1.165) is 10.9 Å². The number of carbonyl (C=O) groups excluding carboxylic acids is 1. The number of rotatable bonds is 6. The predicted octanol–water partition coefficient (Wildman–Crippen LogP) is 2.94. The number of H-pyrrole nitrogens is 1. The molecule has 0 radical (unpaired) electrons. The molecule has 0 unspecified atom stereocenters. The van der Waals surface area contributed by atoms with Crippen molar-refractivity contribution in [3.05, 3.63) is 63.9 Å². The van der Waals surface area contributed by atoms with Gasteiger partial charge in [0.15, 0.2) is 11.5 Å². The van der Waals surface area contributed by atoms with E-state index in [9.17, 15) is 9.59 Å². The van der Waals surface area contributed by atoms with Crippen LogP contribution < -0.4 is 20.3 Å². The molecule has 7 nitrogen and oxygen atoms in total. The number of nitrogens with one attached hydrogen (secondary N) is 2. The number of aromatic amines is 1. The molecule has 1 aromatic heterocycles. The summed E-state index contributed by atoms with van der Waals surface area (Å²) in [6.07, 6.45) is 0. The van der Waals surface area contributed by atoms with Gasteiger partial charge in [-0.25, -0.2) is 0 Å². The van der Waals surface area contributed by atoms with E-state index in [1.165, 1.54) is 20.3 Å². The van der Waals surface area contributed by atoms with Crippen molar-refractivity contribution < 1.29 is 19.0 Å². The fourth-order valence-corrected chi connectivity index (χ4v) is 2.87. The fourth-order valence-electron chi connectivity index (χ4n) is 2.87. The Bertz CT molecular complexity index is 1040. The molecular weight excluding hydrogens is 348 g/mol. The van der Waals surface area contributed by atoms with Crippen LogP contribution in [-0.4, -0.2) is 32.2 Å². The Morgan fingerprint density at radius 2 is 1.78 bits per heavy atom. The second-order valence-electron chi connectivity index (χ2n) is 5.88. The van der Waals surface area contributed by atoms with Gasteiger partial charge in [-0.15, -0.1) is 0 Å². The zero-order valence-electron chi connectivity index (χ0n) is 15.3. The number of aromatic nitrogens is 1. The third-order valence-electron chi connectivity index (χ3n) is 4.13. The minimum atomic E-state index is -0.300. The first-order valence-electron chi connectivity index (χ1n) is 8.24. The second kappa shape index (κ2) is 7.92. The van der Waals surface area contributed by atoms with E-state index in [-0.39, 0.29) is 11.5 Å². The van der Waals surface area contributed by atoms with E-state index in [0.29, 0.717) is 34.9 Å². The van der Waals surface area contributed by atoms with Crippen LogP contribution in [-0.2, 0) is 11.3 Å². The maximum atomic E-state index is 12.6. The summed E-state index contributed by atoms with van der Waals surface area (Å²) >= 11 is 0. The lowest BCUT2D eigenvalue weighted by Crippen LogP contribution is -2.13. The zero-order valence-corrected chi connectivity index (χ0v) is 15.3. The Hall–Kier alpha value is -3.32. The van der Waals surface area contributed by atoms with E-state index in [2.05, 4.69) is 10.3 Å². The minimum Gasteiger partial charge on any atom is -0.493 e. The number of fused-ring (bicyclic) bond motifs is 1. The molecule has 2 N–H and O–H groups in total. The lowest BCUT2D eigenvalue weighted by molar-refractivity contribution is 0.102. The second-order valence-corrected chi connectivity index (χ2v) is 5.88. The Balaban J connectivity index is 1.90. The van der Waals surface area contributed by atoms with E-state index in [4.69, 9.17) is 14.2 Å². The summed E-state index contributed by atoms with van der Waals surface area (Å²) in [6, 6.07) is 11.8. The van der Waals surface area contributed by atoms with Crippen LogP contribution >= 0.6 is 0 Å². The molecule has 0 saturated carbocycles. The molecule has 0 spiro atoms. The maximum Gasteiger partial charge on any atom is 0.255 e. The lowest BCUT2D eigenvalue weighted by Gasteiger charge is -2.11. The van der Waals surface area contributed by atoms with Crippen molar-refractivity contribution in [1.82, 2.24) is 4.98 Å². The van der Waals surface area contributed by atoms with Gasteiger partial charge < -0.3 is 24.5 Å². The molecule has 140 valence electrons. The summed E-state index contributed by atoms with van der Waals surface area (Å²) in [4.78, 5) is 27.2. The molecule has 3 aromatic rings. The molecule has 0 aliphatic carbocycles. The van der Waals surface area contributed by atoms with Crippen LogP contribution in [0.25, 0.3) is 10.9 Å². The molecule has 0 aliphatic heterocycles. The molecule has 0 saturated heterocycles. The van der Waals surface area contributed by atoms with Crippen molar-refractivity contribution in [2.45, 2.75) is 6.61 Å². The maximum absolute atomic E-state index is 12.6. The van der Waals surface area contributed by atoms with Gasteiger partial charge in [0.1, 0.15) is 0 Å². The summed E-state index contributed by atoms with van der Waals surface area (Å²) < 4.78 is 15.5. The first-order chi connectivity index (χ1) is 13.0. The number of benzene rings is 2.